The Balaban J connectivity index is 1.26. The molecule has 0 unspecified atom stereocenters. The van der Waals surface area contributed by atoms with Gasteiger partial charge in [-0.25, -0.2) is 9.97 Å². The number of allylic oxidation sites excluding steroid dienone is 3. The van der Waals surface area contributed by atoms with Gasteiger partial charge in [-0.3, -0.25) is 4.40 Å². The summed E-state index contributed by atoms with van der Waals surface area (Å²) in [7, 11) is 0. The summed E-state index contributed by atoms with van der Waals surface area (Å²) < 4.78 is 4.68. The second kappa shape index (κ2) is 11.4. The first-order valence-corrected chi connectivity index (χ1v) is 17.3. The Bertz CT molecular complexity index is 2980. The number of hydrogen-bond donors (Lipinski definition) is 0. The van der Waals surface area contributed by atoms with E-state index in [-0.39, 0.29) is 0 Å². The van der Waals surface area contributed by atoms with Gasteiger partial charge < -0.3 is 4.57 Å². The van der Waals surface area contributed by atoms with Crippen LogP contribution in [0.15, 0.2) is 170 Å². The highest BCUT2D eigenvalue weighted by Crippen LogP contribution is 2.41. The zero-order valence-corrected chi connectivity index (χ0v) is 28.1. The lowest BCUT2D eigenvalue weighted by molar-refractivity contribution is 1.22. The second-order valence-electron chi connectivity index (χ2n) is 13.2. The van der Waals surface area contributed by atoms with Crippen LogP contribution in [0.2, 0.25) is 0 Å². The fraction of sp³-hybridized carbons (Fsp3) is 0.0213. The minimum atomic E-state index is 0.866. The third-order valence-electron chi connectivity index (χ3n) is 10.1. The van der Waals surface area contributed by atoms with Gasteiger partial charge in [0.1, 0.15) is 5.65 Å². The second-order valence-corrected chi connectivity index (χ2v) is 13.2. The molecule has 0 bridgehead atoms. The number of rotatable bonds is 5. The van der Waals surface area contributed by atoms with Gasteiger partial charge in [-0.15, -0.1) is 0 Å². The maximum atomic E-state index is 5.21. The predicted octanol–water partition coefficient (Wildman–Crippen LogP) is 12.2. The van der Waals surface area contributed by atoms with E-state index in [0.717, 1.165) is 78.0 Å². The van der Waals surface area contributed by atoms with E-state index in [1.165, 1.54) is 21.5 Å². The first kappa shape index (κ1) is 29.2. The highest BCUT2D eigenvalue weighted by atomic mass is 15.1. The van der Waals surface area contributed by atoms with Crippen molar-refractivity contribution in [2.24, 2.45) is 0 Å². The van der Waals surface area contributed by atoms with Gasteiger partial charge in [0.25, 0.3) is 0 Å². The van der Waals surface area contributed by atoms with Crippen molar-refractivity contribution in [3.8, 4) is 22.4 Å². The summed E-state index contributed by atoms with van der Waals surface area (Å²) in [6, 6.07) is 55.5. The maximum absolute atomic E-state index is 5.21. The van der Waals surface area contributed by atoms with E-state index in [2.05, 4.69) is 174 Å². The lowest BCUT2D eigenvalue weighted by Gasteiger charge is -2.15. The van der Waals surface area contributed by atoms with Gasteiger partial charge in [0.05, 0.1) is 39.0 Å². The molecule has 240 valence electrons. The van der Waals surface area contributed by atoms with Gasteiger partial charge in [-0.1, -0.05) is 134 Å². The molecule has 0 aliphatic carbocycles. The molecule has 4 nitrogen and oxygen atoms in total. The Labute approximate surface area is 294 Å². The molecule has 0 aliphatic rings. The molecule has 10 rings (SSSR count). The molecule has 10 aromatic rings. The number of fused-ring (bicyclic) bond motifs is 12. The molecule has 0 atom stereocenters. The van der Waals surface area contributed by atoms with E-state index in [9.17, 15) is 0 Å². The third kappa shape index (κ3) is 4.54. The minimum Gasteiger partial charge on any atom is -0.308 e. The molecule has 4 heteroatoms. The van der Waals surface area contributed by atoms with Crippen molar-refractivity contribution in [1.82, 2.24) is 18.9 Å². The van der Waals surface area contributed by atoms with Crippen LogP contribution in [-0.4, -0.2) is 18.9 Å². The number of nitrogens with zero attached hydrogens (tertiary/aromatic N) is 4. The summed E-state index contributed by atoms with van der Waals surface area (Å²) in [5, 5.41) is 5.85. The van der Waals surface area contributed by atoms with Gasteiger partial charge in [0.2, 0.25) is 0 Å². The molecule has 4 heterocycles. The van der Waals surface area contributed by atoms with Gasteiger partial charge in [-0.2, -0.15) is 0 Å². The lowest BCUT2D eigenvalue weighted by Crippen LogP contribution is -1.99. The zero-order valence-electron chi connectivity index (χ0n) is 28.1. The molecule has 0 spiro atoms. The average molecular weight is 653 g/mol. The molecule has 0 fully saturated rings. The number of pyridine rings is 2. The number of para-hydroxylation sites is 3. The summed E-state index contributed by atoms with van der Waals surface area (Å²) in [5.74, 6) is 0. The molecule has 0 N–H and O–H groups in total. The molecule has 51 heavy (non-hydrogen) atoms. The normalized spacial score (nSPS) is 12.2. The molecular weight excluding hydrogens is 621 g/mol. The summed E-state index contributed by atoms with van der Waals surface area (Å²) in [4.78, 5) is 10.4. The van der Waals surface area contributed by atoms with Crippen LogP contribution in [0.3, 0.4) is 0 Å². The Morgan fingerprint density at radius 2 is 1.14 bits per heavy atom. The highest BCUT2D eigenvalue weighted by Gasteiger charge is 2.21. The summed E-state index contributed by atoms with van der Waals surface area (Å²) >= 11 is 0. The molecule has 4 aromatic heterocycles. The van der Waals surface area contributed by atoms with Gasteiger partial charge in [0.15, 0.2) is 0 Å². The van der Waals surface area contributed by atoms with Crippen molar-refractivity contribution in [3.05, 3.63) is 176 Å². The largest absolute Gasteiger partial charge is 0.308 e. The van der Waals surface area contributed by atoms with E-state index >= 15 is 0 Å². The Hall–Kier alpha value is -6.78. The Morgan fingerprint density at radius 3 is 1.90 bits per heavy atom. The van der Waals surface area contributed by atoms with Crippen molar-refractivity contribution in [2.75, 3.05) is 0 Å². The fourth-order valence-electron chi connectivity index (χ4n) is 7.80. The van der Waals surface area contributed by atoms with E-state index in [0.29, 0.717) is 0 Å². The monoisotopic (exact) mass is 652 g/mol. The summed E-state index contributed by atoms with van der Waals surface area (Å²) in [5.41, 5.74) is 13.5. The first-order chi connectivity index (χ1) is 25.1. The van der Waals surface area contributed by atoms with Crippen LogP contribution in [0, 0.1) is 0 Å². The summed E-state index contributed by atoms with van der Waals surface area (Å²) in [6.45, 7) is 6.89. The third-order valence-corrected chi connectivity index (χ3v) is 10.1. The van der Waals surface area contributed by atoms with Crippen molar-refractivity contribution in [2.45, 2.75) is 6.92 Å². The standard InChI is InChI=1S/C47H32N4/c1-30(41-28-34(32-15-5-3-6-16-32)29-42(48-41)33-17-7-4-8-18-33)27-31(2)50-43-23-13-11-20-36(43)38-26-25-37-35-19-9-10-21-39(35)47-49-40-22-12-14-24-44(40)51(47)46(37)45(38)50/h3-29H,2H2,1H3/b30-27+. The smallest absolute Gasteiger partial charge is 0.146 e. The molecule has 0 amide bonds. The number of imidazole rings is 1. The maximum Gasteiger partial charge on any atom is 0.146 e. The number of hydrogen-bond acceptors (Lipinski definition) is 2. The van der Waals surface area contributed by atoms with E-state index in [1.807, 2.05) is 6.07 Å². The van der Waals surface area contributed by atoms with Crippen LogP contribution in [0.1, 0.15) is 12.6 Å². The van der Waals surface area contributed by atoms with Crippen LogP contribution in [0.25, 0.3) is 93.8 Å². The molecular formula is C47H32N4. The van der Waals surface area contributed by atoms with Crippen LogP contribution in [0.5, 0.6) is 0 Å². The molecule has 0 saturated heterocycles. The lowest BCUT2D eigenvalue weighted by atomic mass is 10.00. The summed E-state index contributed by atoms with van der Waals surface area (Å²) in [6.07, 6.45) is 2.18. The van der Waals surface area contributed by atoms with Crippen LogP contribution >= 0.6 is 0 Å². The van der Waals surface area contributed by atoms with Crippen molar-refractivity contribution in [1.29, 1.82) is 0 Å². The predicted molar refractivity (Wildman–Crippen MR) is 215 cm³/mol. The van der Waals surface area contributed by atoms with Crippen molar-refractivity contribution < 1.29 is 0 Å². The van der Waals surface area contributed by atoms with Gasteiger partial charge in [-0.05, 0) is 65.4 Å². The Morgan fingerprint density at radius 1 is 0.529 bits per heavy atom. The number of benzene rings is 6. The first-order valence-electron chi connectivity index (χ1n) is 17.3. The van der Waals surface area contributed by atoms with Crippen molar-refractivity contribution in [3.63, 3.8) is 0 Å². The fourth-order valence-corrected chi connectivity index (χ4v) is 7.80. The molecule has 6 aromatic carbocycles. The van der Waals surface area contributed by atoms with Crippen LogP contribution in [0.4, 0.5) is 0 Å². The number of aromatic nitrogens is 4. The van der Waals surface area contributed by atoms with E-state index in [1.54, 1.807) is 0 Å². The molecule has 0 aliphatic heterocycles. The quantitative estimate of drug-likeness (QED) is 0.137. The highest BCUT2D eigenvalue weighted by molar-refractivity contribution is 6.25. The SMILES string of the molecule is C=C(/C=C(\C)c1cc(-c2ccccc2)cc(-c2ccccc2)n1)n1c2ccccc2c2ccc3c4ccccc4c4nc5ccccc5n4c3c21. The molecule has 0 radical (unpaired) electrons. The molecule has 0 saturated carbocycles. The van der Waals surface area contributed by atoms with E-state index < -0.39 is 0 Å². The zero-order chi connectivity index (χ0) is 34.1. The minimum absolute atomic E-state index is 0.866. The Kier molecular flexibility index (Phi) is 6.52. The van der Waals surface area contributed by atoms with Crippen molar-refractivity contribution >= 4 is 71.4 Å². The topological polar surface area (TPSA) is 35.1 Å². The van der Waals surface area contributed by atoms with Crippen LogP contribution in [-0.2, 0) is 0 Å². The van der Waals surface area contributed by atoms with Gasteiger partial charge in [0, 0.05) is 32.8 Å². The van der Waals surface area contributed by atoms with Gasteiger partial charge >= 0.3 is 0 Å². The average Bonchev–Trinajstić information content (AvgIpc) is 3.75. The van der Waals surface area contributed by atoms with Crippen LogP contribution < -0.4 is 0 Å². The van der Waals surface area contributed by atoms with E-state index in [4.69, 9.17) is 16.5 Å².